The third-order valence-corrected chi connectivity index (χ3v) is 3.56. The fraction of sp³-hybridized carbons (Fsp3) is 0.118. The van der Waals surface area contributed by atoms with Crippen molar-refractivity contribution in [2.24, 2.45) is 0 Å². The summed E-state index contributed by atoms with van der Waals surface area (Å²) in [7, 11) is 0. The molecule has 0 fully saturated rings. The third kappa shape index (κ3) is 2.36. The molecule has 0 radical (unpaired) electrons. The predicted molar refractivity (Wildman–Crippen MR) is 84.6 cm³/mol. The lowest BCUT2D eigenvalue weighted by atomic mass is 10.0. The van der Waals surface area contributed by atoms with Crippen molar-refractivity contribution in [3.05, 3.63) is 59.9 Å². The maximum atomic E-state index is 6.26. The van der Waals surface area contributed by atoms with E-state index in [-0.39, 0.29) is 0 Å². The summed E-state index contributed by atoms with van der Waals surface area (Å²) in [6, 6.07) is 11.5. The van der Waals surface area contributed by atoms with Gasteiger partial charge in [0.05, 0.1) is 22.8 Å². The largest absolute Gasteiger partial charge is 0.398 e. The molecule has 3 aromatic heterocycles. The second kappa shape index (κ2) is 5.32. The van der Waals surface area contributed by atoms with Gasteiger partial charge < -0.3 is 5.73 Å². The van der Waals surface area contributed by atoms with Gasteiger partial charge in [-0.25, -0.2) is 4.98 Å². The molecule has 0 aliphatic rings. The molecule has 0 spiro atoms. The minimum Gasteiger partial charge on any atom is -0.398 e. The highest BCUT2D eigenvalue weighted by atomic mass is 14.8. The van der Waals surface area contributed by atoms with Crippen molar-refractivity contribution >= 4 is 5.69 Å². The van der Waals surface area contributed by atoms with Crippen LogP contribution in [0.5, 0.6) is 0 Å². The van der Waals surface area contributed by atoms with Crippen LogP contribution >= 0.6 is 0 Å². The van der Waals surface area contributed by atoms with E-state index in [1.807, 2.05) is 50.2 Å². The number of anilines is 1. The van der Waals surface area contributed by atoms with Gasteiger partial charge in [-0.2, -0.15) is 0 Å². The summed E-state index contributed by atoms with van der Waals surface area (Å²) in [6.07, 6.45) is 3.51. The van der Waals surface area contributed by atoms with Gasteiger partial charge in [0.25, 0.3) is 0 Å². The first-order chi connectivity index (χ1) is 10.2. The van der Waals surface area contributed by atoms with Gasteiger partial charge in [-0.1, -0.05) is 12.1 Å². The average Bonchev–Trinajstić information content (AvgIpc) is 2.55. The van der Waals surface area contributed by atoms with E-state index in [4.69, 9.17) is 10.7 Å². The highest BCUT2D eigenvalue weighted by molar-refractivity contribution is 5.76. The van der Waals surface area contributed by atoms with Crippen LogP contribution in [0, 0.1) is 13.8 Å². The van der Waals surface area contributed by atoms with Crippen LogP contribution < -0.4 is 5.73 Å². The number of aromatic nitrogens is 3. The van der Waals surface area contributed by atoms with E-state index in [0.717, 1.165) is 39.6 Å². The minimum absolute atomic E-state index is 0.742. The van der Waals surface area contributed by atoms with E-state index in [2.05, 4.69) is 9.97 Å². The zero-order valence-electron chi connectivity index (χ0n) is 12.0. The average molecular weight is 276 g/mol. The van der Waals surface area contributed by atoms with Crippen molar-refractivity contribution in [3.8, 4) is 22.8 Å². The monoisotopic (exact) mass is 276 g/mol. The Kier molecular flexibility index (Phi) is 3.36. The molecule has 0 atom stereocenters. The van der Waals surface area contributed by atoms with Crippen LogP contribution in [0.3, 0.4) is 0 Å². The van der Waals surface area contributed by atoms with Crippen LogP contribution in [-0.4, -0.2) is 15.0 Å². The number of nitrogen functional groups attached to an aromatic ring is 1. The standard InChI is InChI=1S/C17H16N4/c1-11-15(18)12(2)17(14-8-4-6-10-20-14)21-16(11)13-7-3-5-9-19-13/h3-10H,1-2H3,(H2,18,21). The van der Waals surface area contributed by atoms with Crippen molar-refractivity contribution < 1.29 is 0 Å². The van der Waals surface area contributed by atoms with Crippen LogP contribution in [0.1, 0.15) is 11.1 Å². The molecule has 0 aromatic carbocycles. The number of rotatable bonds is 2. The smallest absolute Gasteiger partial charge is 0.0944 e. The fourth-order valence-electron chi connectivity index (χ4n) is 2.32. The normalized spacial score (nSPS) is 10.6. The van der Waals surface area contributed by atoms with E-state index in [1.54, 1.807) is 12.4 Å². The Morgan fingerprint density at radius 3 is 1.62 bits per heavy atom. The zero-order valence-corrected chi connectivity index (χ0v) is 12.0. The lowest BCUT2D eigenvalue weighted by molar-refractivity contribution is 1.17. The van der Waals surface area contributed by atoms with Gasteiger partial charge in [-0.15, -0.1) is 0 Å². The van der Waals surface area contributed by atoms with Gasteiger partial charge in [0.2, 0.25) is 0 Å². The van der Waals surface area contributed by atoms with Gasteiger partial charge in [-0.3, -0.25) is 9.97 Å². The summed E-state index contributed by atoms with van der Waals surface area (Å²) in [6.45, 7) is 3.95. The van der Waals surface area contributed by atoms with Crippen LogP contribution in [0.2, 0.25) is 0 Å². The molecule has 0 bridgehead atoms. The first-order valence-electron chi connectivity index (χ1n) is 6.78. The highest BCUT2D eigenvalue weighted by Crippen LogP contribution is 2.32. The molecule has 3 heterocycles. The van der Waals surface area contributed by atoms with Crippen LogP contribution in [0.15, 0.2) is 48.8 Å². The Hall–Kier alpha value is -2.75. The first kappa shape index (κ1) is 13.2. The molecule has 104 valence electrons. The molecule has 0 amide bonds. The van der Waals surface area contributed by atoms with Crippen molar-refractivity contribution in [3.63, 3.8) is 0 Å². The number of nitrogens with two attached hydrogens (primary N) is 1. The third-order valence-electron chi connectivity index (χ3n) is 3.56. The van der Waals surface area contributed by atoms with E-state index < -0.39 is 0 Å². The molecule has 2 N–H and O–H groups in total. The van der Waals surface area contributed by atoms with Crippen molar-refractivity contribution in [2.75, 3.05) is 5.73 Å². The highest BCUT2D eigenvalue weighted by Gasteiger charge is 2.15. The predicted octanol–water partition coefficient (Wildman–Crippen LogP) is 3.40. The lowest BCUT2D eigenvalue weighted by Gasteiger charge is -2.14. The first-order valence-corrected chi connectivity index (χ1v) is 6.78. The molecular formula is C17H16N4. The van der Waals surface area contributed by atoms with Gasteiger partial charge in [0, 0.05) is 29.2 Å². The number of nitrogens with zero attached hydrogens (tertiary/aromatic N) is 3. The fourth-order valence-corrected chi connectivity index (χ4v) is 2.32. The van der Waals surface area contributed by atoms with Crippen molar-refractivity contribution in [1.82, 2.24) is 15.0 Å². The number of hydrogen-bond donors (Lipinski definition) is 1. The van der Waals surface area contributed by atoms with Gasteiger partial charge >= 0.3 is 0 Å². The Morgan fingerprint density at radius 1 is 0.762 bits per heavy atom. The molecule has 0 unspecified atom stereocenters. The van der Waals surface area contributed by atoms with Crippen molar-refractivity contribution in [2.45, 2.75) is 13.8 Å². The molecule has 0 aliphatic heterocycles. The number of hydrogen-bond acceptors (Lipinski definition) is 4. The van der Waals surface area contributed by atoms with E-state index in [9.17, 15) is 0 Å². The molecule has 21 heavy (non-hydrogen) atoms. The summed E-state index contributed by atoms with van der Waals surface area (Å²) in [5, 5.41) is 0. The Morgan fingerprint density at radius 2 is 1.24 bits per heavy atom. The van der Waals surface area contributed by atoms with Gasteiger partial charge in [0.15, 0.2) is 0 Å². The summed E-state index contributed by atoms with van der Waals surface area (Å²) in [4.78, 5) is 13.5. The van der Waals surface area contributed by atoms with Crippen LogP contribution in [-0.2, 0) is 0 Å². The Balaban J connectivity index is 2.26. The van der Waals surface area contributed by atoms with Crippen molar-refractivity contribution in [1.29, 1.82) is 0 Å². The topological polar surface area (TPSA) is 64.7 Å². The maximum Gasteiger partial charge on any atom is 0.0944 e. The maximum absolute atomic E-state index is 6.26. The van der Waals surface area contributed by atoms with Gasteiger partial charge in [0.1, 0.15) is 0 Å². The van der Waals surface area contributed by atoms with E-state index in [1.165, 1.54) is 0 Å². The molecule has 4 nitrogen and oxygen atoms in total. The molecule has 3 aromatic rings. The van der Waals surface area contributed by atoms with Crippen LogP contribution in [0.4, 0.5) is 5.69 Å². The molecule has 0 saturated heterocycles. The second-order valence-corrected chi connectivity index (χ2v) is 4.90. The quantitative estimate of drug-likeness (QED) is 0.779. The molecule has 0 aliphatic carbocycles. The Bertz CT molecular complexity index is 704. The molecule has 0 saturated carbocycles. The lowest BCUT2D eigenvalue weighted by Crippen LogP contribution is -2.03. The summed E-state index contributed by atoms with van der Waals surface area (Å²) >= 11 is 0. The summed E-state index contributed by atoms with van der Waals surface area (Å²) < 4.78 is 0. The summed E-state index contributed by atoms with van der Waals surface area (Å²) in [5.41, 5.74) is 12.2. The van der Waals surface area contributed by atoms with E-state index in [0.29, 0.717) is 0 Å². The summed E-state index contributed by atoms with van der Waals surface area (Å²) in [5.74, 6) is 0. The van der Waals surface area contributed by atoms with Crippen LogP contribution in [0.25, 0.3) is 22.8 Å². The number of pyridine rings is 3. The zero-order chi connectivity index (χ0) is 14.8. The molecule has 3 rings (SSSR count). The van der Waals surface area contributed by atoms with Gasteiger partial charge in [-0.05, 0) is 38.1 Å². The second-order valence-electron chi connectivity index (χ2n) is 4.90. The van der Waals surface area contributed by atoms with E-state index >= 15 is 0 Å². The Labute approximate surface area is 123 Å². The molecular weight excluding hydrogens is 260 g/mol. The SMILES string of the molecule is Cc1c(-c2ccccn2)nc(-c2ccccn2)c(C)c1N. The molecule has 4 heteroatoms. The minimum atomic E-state index is 0.742.